The van der Waals surface area contributed by atoms with Crippen LogP contribution in [0.3, 0.4) is 0 Å². The Morgan fingerprint density at radius 1 is 1.31 bits per heavy atom. The van der Waals surface area contributed by atoms with Crippen LogP contribution < -0.4 is 0 Å². The first-order valence-corrected chi connectivity index (χ1v) is 6.52. The summed E-state index contributed by atoms with van der Waals surface area (Å²) in [5.74, 6) is 1.70. The van der Waals surface area contributed by atoms with Gasteiger partial charge in [-0.2, -0.15) is 0 Å². The molecule has 1 aromatic carbocycles. The molecule has 0 amide bonds. The Morgan fingerprint density at radius 2 is 2.12 bits per heavy atom. The average molecular weight is 213 g/mol. The highest BCUT2D eigenvalue weighted by Gasteiger charge is 2.61. The number of hydrogen-bond donors (Lipinski definition) is 0. The lowest BCUT2D eigenvalue weighted by Crippen LogP contribution is -2.31. The van der Waals surface area contributed by atoms with Gasteiger partial charge in [-0.15, -0.1) is 0 Å². The topological polar surface area (TPSA) is 0 Å². The fourth-order valence-electron chi connectivity index (χ4n) is 4.33. The summed E-state index contributed by atoms with van der Waals surface area (Å²) in [7, 11) is 0. The summed E-state index contributed by atoms with van der Waals surface area (Å²) in [6.07, 6.45) is 4.24. The van der Waals surface area contributed by atoms with Crippen LogP contribution in [0.25, 0.3) is 0 Å². The number of fused-ring (bicyclic) bond motifs is 2. The first kappa shape index (κ1) is 10.4. The fourth-order valence-corrected chi connectivity index (χ4v) is 4.33. The largest absolute Gasteiger partial charge is 0.0614 e. The smallest absolute Gasteiger partial charge is 0.00997 e. The van der Waals surface area contributed by atoms with E-state index in [1.807, 2.05) is 6.07 Å². The number of benzene rings is 1. The molecular weight excluding hydrogens is 192 g/mol. The summed E-state index contributed by atoms with van der Waals surface area (Å²) in [6.45, 7) is 7.48. The molecule has 85 valence electrons. The van der Waals surface area contributed by atoms with Gasteiger partial charge in [0.25, 0.3) is 0 Å². The predicted octanol–water partition coefficient (Wildman–Crippen LogP) is 4.42. The summed E-state index contributed by atoms with van der Waals surface area (Å²) in [5.41, 5.74) is 2.54. The van der Waals surface area contributed by atoms with Gasteiger partial charge in [-0.25, -0.2) is 0 Å². The van der Waals surface area contributed by atoms with Gasteiger partial charge < -0.3 is 0 Å². The van der Waals surface area contributed by atoms with Crippen molar-refractivity contribution < 1.29 is 0 Å². The van der Waals surface area contributed by atoms with E-state index in [4.69, 9.17) is 0 Å². The zero-order valence-corrected chi connectivity index (χ0v) is 10.6. The van der Waals surface area contributed by atoms with Crippen molar-refractivity contribution in [3.63, 3.8) is 0 Å². The number of rotatable bonds is 1. The molecule has 0 aliphatic heterocycles. The van der Waals surface area contributed by atoms with E-state index in [1.54, 1.807) is 0 Å². The Morgan fingerprint density at radius 3 is 2.62 bits per heavy atom. The summed E-state index contributed by atoms with van der Waals surface area (Å²) in [5, 5.41) is 0. The van der Waals surface area contributed by atoms with Crippen LogP contribution in [-0.4, -0.2) is 0 Å². The Labute approximate surface area is 99.1 Å². The second kappa shape index (κ2) is 3.12. The Bertz CT molecular complexity index is 390. The fraction of sp³-hybridized carbons (Fsp3) is 0.625. The Hall–Kier alpha value is -0.780. The van der Waals surface area contributed by atoms with Crippen molar-refractivity contribution >= 4 is 0 Å². The Kier molecular flexibility index (Phi) is 2.02. The van der Waals surface area contributed by atoms with Crippen LogP contribution in [-0.2, 0) is 0 Å². The summed E-state index contributed by atoms with van der Waals surface area (Å²) in [6, 6.07) is 11.9. The van der Waals surface area contributed by atoms with Gasteiger partial charge in [0, 0.05) is 0 Å². The van der Waals surface area contributed by atoms with E-state index in [9.17, 15) is 0 Å². The molecule has 2 saturated carbocycles. The molecule has 16 heavy (non-hydrogen) atoms. The lowest BCUT2D eigenvalue weighted by Gasteiger charge is -2.39. The van der Waals surface area contributed by atoms with Crippen LogP contribution in [0, 0.1) is 22.8 Å². The van der Waals surface area contributed by atoms with E-state index < -0.39 is 0 Å². The first-order valence-electron chi connectivity index (χ1n) is 6.52. The molecule has 3 unspecified atom stereocenters. The quantitative estimate of drug-likeness (QED) is 0.648. The van der Waals surface area contributed by atoms with Gasteiger partial charge >= 0.3 is 0 Å². The maximum absolute atomic E-state index is 3.24. The van der Waals surface area contributed by atoms with Gasteiger partial charge in [0.05, 0.1) is 0 Å². The maximum Gasteiger partial charge on any atom is -0.00997 e. The highest BCUT2D eigenvalue weighted by molar-refractivity contribution is 5.27. The summed E-state index contributed by atoms with van der Waals surface area (Å²) >= 11 is 0. The monoisotopic (exact) mass is 213 g/mol. The number of hydrogen-bond acceptors (Lipinski definition) is 0. The van der Waals surface area contributed by atoms with Gasteiger partial charge in [-0.05, 0) is 53.6 Å². The molecular formula is C16H21. The minimum absolute atomic E-state index is 0.507. The molecule has 1 radical (unpaired) electrons. The van der Waals surface area contributed by atoms with E-state index >= 15 is 0 Å². The van der Waals surface area contributed by atoms with Gasteiger partial charge in [-0.3, -0.25) is 0 Å². The molecule has 0 saturated heterocycles. The van der Waals surface area contributed by atoms with Crippen LogP contribution in [0.5, 0.6) is 0 Å². The van der Waals surface area contributed by atoms with Crippen molar-refractivity contribution in [1.29, 1.82) is 0 Å². The molecule has 2 aliphatic carbocycles. The van der Waals surface area contributed by atoms with E-state index in [1.165, 1.54) is 24.8 Å². The first-order chi connectivity index (χ1) is 7.56. The molecule has 0 nitrogen and oxygen atoms in total. The van der Waals surface area contributed by atoms with Crippen LogP contribution >= 0.6 is 0 Å². The van der Waals surface area contributed by atoms with Crippen LogP contribution in [0.1, 0.15) is 51.5 Å². The molecule has 2 bridgehead atoms. The van der Waals surface area contributed by atoms with Crippen molar-refractivity contribution in [1.82, 2.24) is 0 Å². The molecule has 0 spiro atoms. The van der Waals surface area contributed by atoms with Gasteiger partial charge in [0.1, 0.15) is 0 Å². The van der Waals surface area contributed by atoms with Crippen molar-refractivity contribution in [2.24, 2.45) is 16.7 Å². The van der Waals surface area contributed by atoms with E-state index in [0.717, 1.165) is 11.8 Å². The third-order valence-corrected chi connectivity index (χ3v) is 5.93. The van der Waals surface area contributed by atoms with Gasteiger partial charge in [0.15, 0.2) is 0 Å². The minimum Gasteiger partial charge on any atom is -0.0614 e. The zero-order valence-electron chi connectivity index (χ0n) is 10.6. The lowest BCUT2D eigenvalue weighted by molar-refractivity contribution is 0.134. The molecule has 0 aromatic heterocycles. The molecule has 3 rings (SSSR count). The average Bonchev–Trinajstić information content (AvgIpc) is 2.62. The molecule has 2 aliphatic rings. The second-order valence-corrected chi connectivity index (χ2v) is 6.50. The van der Waals surface area contributed by atoms with Crippen molar-refractivity contribution in [3.8, 4) is 0 Å². The zero-order chi connectivity index (χ0) is 11.4. The summed E-state index contributed by atoms with van der Waals surface area (Å²) < 4.78 is 0. The second-order valence-electron chi connectivity index (χ2n) is 6.50. The third-order valence-electron chi connectivity index (χ3n) is 5.93. The molecule has 1 aromatic rings. The molecule has 2 fully saturated rings. The Balaban J connectivity index is 2.02. The predicted molar refractivity (Wildman–Crippen MR) is 67.2 cm³/mol. The SMILES string of the molecule is CC1(C)C2CCC1(C)C(c1c[c]ccc1)C2. The molecule has 0 heterocycles. The highest BCUT2D eigenvalue weighted by Crippen LogP contribution is 2.70. The summed E-state index contributed by atoms with van der Waals surface area (Å²) in [4.78, 5) is 0. The van der Waals surface area contributed by atoms with Crippen LogP contribution in [0.15, 0.2) is 24.3 Å². The van der Waals surface area contributed by atoms with E-state index in [-0.39, 0.29) is 0 Å². The molecule has 0 N–H and O–H groups in total. The van der Waals surface area contributed by atoms with Crippen molar-refractivity contribution in [2.45, 2.75) is 46.0 Å². The highest BCUT2D eigenvalue weighted by atomic mass is 14.6. The van der Waals surface area contributed by atoms with Crippen LogP contribution in [0.4, 0.5) is 0 Å². The van der Waals surface area contributed by atoms with Gasteiger partial charge in [-0.1, -0.05) is 45.0 Å². The molecule has 3 atom stereocenters. The van der Waals surface area contributed by atoms with E-state index in [2.05, 4.69) is 45.0 Å². The normalized spacial score (nSPS) is 40.2. The van der Waals surface area contributed by atoms with Crippen LogP contribution in [0.2, 0.25) is 0 Å². The van der Waals surface area contributed by atoms with E-state index in [0.29, 0.717) is 10.8 Å². The van der Waals surface area contributed by atoms with Gasteiger partial charge in [0.2, 0.25) is 0 Å². The lowest BCUT2D eigenvalue weighted by atomic mass is 9.65. The third kappa shape index (κ3) is 1.11. The van der Waals surface area contributed by atoms with Crippen molar-refractivity contribution in [3.05, 3.63) is 35.9 Å². The van der Waals surface area contributed by atoms with Crippen molar-refractivity contribution in [2.75, 3.05) is 0 Å². The molecule has 0 heteroatoms. The minimum atomic E-state index is 0.507. The maximum atomic E-state index is 3.24. The standard InChI is InChI=1S/C16H21/c1-15(2)13-9-10-16(15,3)14(11-13)12-7-5-4-6-8-12/h4-5,7-8,13-14H,9-11H2,1-3H3.